The number of rotatable bonds is 6. The topological polar surface area (TPSA) is 79.5 Å². The van der Waals surface area contributed by atoms with Gasteiger partial charge in [-0.25, -0.2) is 4.99 Å². The van der Waals surface area contributed by atoms with Gasteiger partial charge >= 0.3 is 0 Å². The minimum atomic E-state index is -0.195. The molecule has 5 nitrogen and oxygen atoms in total. The third kappa shape index (κ3) is 5.36. The van der Waals surface area contributed by atoms with E-state index in [1.807, 2.05) is 44.2 Å². The average molecular weight is 371 g/mol. The van der Waals surface area contributed by atoms with Crippen molar-refractivity contribution in [3.63, 3.8) is 0 Å². The minimum Gasteiger partial charge on any atom is -0.399 e. The molecule has 0 aliphatic heterocycles. The molecule has 0 fully saturated rings. The van der Waals surface area contributed by atoms with Crippen molar-refractivity contribution in [2.75, 3.05) is 11.1 Å². The molecule has 26 heavy (non-hydrogen) atoms. The van der Waals surface area contributed by atoms with Crippen molar-refractivity contribution < 1.29 is 4.79 Å². The molecule has 2 rings (SSSR count). The van der Waals surface area contributed by atoms with E-state index in [9.17, 15) is 4.79 Å². The predicted octanol–water partition coefficient (Wildman–Crippen LogP) is 4.61. The second kappa shape index (κ2) is 8.54. The summed E-state index contributed by atoms with van der Waals surface area (Å²) in [6, 6.07) is 12.8. The molecule has 136 valence electrons. The second-order valence-corrected chi connectivity index (χ2v) is 6.62. The summed E-state index contributed by atoms with van der Waals surface area (Å²) in [6.07, 6.45) is 0. The number of nitrogens with two attached hydrogens (primary N) is 1. The van der Waals surface area contributed by atoms with Gasteiger partial charge < -0.3 is 16.4 Å². The lowest BCUT2D eigenvalue weighted by Gasteiger charge is -2.16. The first-order valence-corrected chi connectivity index (χ1v) is 8.57. The zero-order valence-corrected chi connectivity index (χ0v) is 15.9. The third-order valence-electron chi connectivity index (χ3n) is 3.82. The Morgan fingerprint density at radius 1 is 1.27 bits per heavy atom. The first kappa shape index (κ1) is 19.5. The number of nitrogen functional groups attached to an aromatic ring is 1. The molecule has 0 spiro atoms. The van der Waals surface area contributed by atoms with Gasteiger partial charge in [0.05, 0.1) is 0 Å². The molecular weight excluding hydrogens is 348 g/mol. The third-order valence-corrected chi connectivity index (χ3v) is 3.91. The molecule has 4 N–H and O–H groups in total. The number of anilines is 2. The first-order valence-electron chi connectivity index (χ1n) is 8.20. The lowest BCUT2D eigenvalue weighted by atomic mass is 10.1. The molecule has 1 unspecified atom stereocenters. The Morgan fingerprint density at radius 2 is 2.00 bits per heavy atom. The molecule has 2 aromatic rings. The summed E-state index contributed by atoms with van der Waals surface area (Å²) >= 11 is 5.76. The molecular formula is C20H23ClN4O. The summed E-state index contributed by atoms with van der Waals surface area (Å²) in [6.45, 7) is 9.37. The van der Waals surface area contributed by atoms with Crippen LogP contribution in [0, 0.1) is 6.92 Å². The van der Waals surface area contributed by atoms with Crippen molar-refractivity contribution in [2.24, 2.45) is 4.99 Å². The Labute approximate surface area is 159 Å². The van der Waals surface area contributed by atoms with Crippen LogP contribution in [0.3, 0.4) is 0 Å². The number of aliphatic imine (C=N–C) groups is 1. The van der Waals surface area contributed by atoms with Gasteiger partial charge in [0.1, 0.15) is 11.0 Å². The summed E-state index contributed by atoms with van der Waals surface area (Å²) < 4.78 is 0. The summed E-state index contributed by atoms with van der Waals surface area (Å²) in [5.41, 5.74) is 9.45. The molecule has 6 heteroatoms. The van der Waals surface area contributed by atoms with Crippen LogP contribution in [0.2, 0.25) is 0 Å². The van der Waals surface area contributed by atoms with Crippen LogP contribution in [0.5, 0.6) is 0 Å². The molecule has 0 heterocycles. The fraction of sp³-hybridized carbons (Fsp3) is 0.200. The Bertz CT molecular complexity index is 857. The van der Waals surface area contributed by atoms with E-state index < -0.39 is 0 Å². The Morgan fingerprint density at radius 3 is 2.69 bits per heavy atom. The van der Waals surface area contributed by atoms with E-state index in [-0.39, 0.29) is 11.9 Å². The predicted molar refractivity (Wildman–Crippen MR) is 110 cm³/mol. The van der Waals surface area contributed by atoms with Crippen molar-refractivity contribution in [1.82, 2.24) is 5.32 Å². The average Bonchev–Trinajstić information content (AvgIpc) is 2.56. The Hall–Kier alpha value is -2.79. The van der Waals surface area contributed by atoms with Gasteiger partial charge in [0, 0.05) is 23.0 Å². The maximum absolute atomic E-state index is 12.5. The SMILES string of the molecule is C=C(/N=C(\C)Cl)NC(C)c1cccc(NC(=O)c2cc(N)ccc2C)c1. The minimum absolute atomic E-state index is 0.0479. The van der Waals surface area contributed by atoms with E-state index in [0.717, 1.165) is 11.1 Å². The van der Waals surface area contributed by atoms with Crippen LogP contribution >= 0.6 is 11.6 Å². The van der Waals surface area contributed by atoms with Crippen molar-refractivity contribution in [3.8, 4) is 0 Å². The molecule has 0 saturated heterocycles. The van der Waals surface area contributed by atoms with Gasteiger partial charge in [-0.15, -0.1) is 0 Å². The number of carbonyl (C=O) groups is 1. The highest BCUT2D eigenvalue weighted by molar-refractivity contribution is 6.64. The van der Waals surface area contributed by atoms with Gasteiger partial charge in [-0.05, 0) is 56.2 Å². The van der Waals surface area contributed by atoms with Crippen LogP contribution in [-0.4, -0.2) is 11.1 Å². The lowest BCUT2D eigenvalue weighted by molar-refractivity contribution is 0.102. The van der Waals surface area contributed by atoms with Crippen LogP contribution in [0.15, 0.2) is 59.9 Å². The molecule has 0 aliphatic rings. The number of benzene rings is 2. The van der Waals surface area contributed by atoms with Crippen molar-refractivity contribution in [2.45, 2.75) is 26.8 Å². The molecule has 0 radical (unpaired) electrons. The van der Waals surface area contributed by atoms with Crippen molar-refractivity contribution >= 4 is 34.1 Å². The van der Waals surface area contributed by atoms with Gasteiger partial charge in [-0.3, -0.25) is 4.79 Å². The van der Waals surface area contributed by atoms with Gasteiger partial charge in [0.2, 0.25) is 0 Å². The van der Waals surface area contributed by atoms with Crippen LogP contribution in [0.4, 0.5) is 11.4 Å². The number of carbonyl (C=O) groups excluding carboxylic acids is 1. The maximum atomic E-state index is 12.5. The fourth-order valence-corrected chi connectivity index (χ4v) is 2.62. The van der Waals surface area contributed by atoms with Crippen LogP contribution < -0.4 is 16.4 Å². The van der Waals surface area contributed by atoms with Crippen LogP contribution in [-0.2, 0) is 0 Å². The summed E-state index contributed by atoms with van der Waals surface area (Å²) in [5.74, 6) is 0.286. The standard InChI is InChI=1S/C20H23ClN4O/c1-12-8-9-17(22)11-19(12)20(26)25-18-7-5-6-16(10-18)13(2)23-15(4)24-14(3)21/h5-11,13,23H,4,22H2,1-3H3,(H,25,26)/b24-14+. The summed E-state index contributed by atoms with van der Waals surface area (Å²) in [5, 5.41) is 6.48. The molecule has 0 aliphatic carbocycles. The van der Waals surface area contributed by atoms with E-state index in [0.29, 0.717) is 27.9 Å². The van der Waals surface area contributed by atoms with E-state index in [2.05, 4.69) is 22.2 Å². The zero-order valence-electron chi connectivity index (χ0n) is 15.1. The number of amides is 1. The summed E-state index contributed by atoms with van der Waals surface area (Å²) in [7, 11) is 0. The van der Waals surface area contributed by atoms with Crippen LogP contribution in [0.1, 0.15) is 41.4 Å². The molecule has 1 amide bonds. The number of nitrogens with one attached hydrogen (secondary N) is 2. The smallest absolute Gasteiger partial charge is 0.256 e. The molecule has 1 atom stereocenters. The quantitative estimate of drug-likeness (QED) is 0.513. The van der Waals surface area contributed by atoms with Crippen LogP contribution in [0.25, 0.3) is 0 Å². The fourth-order valence-electron chi connectivity index (χ4n) is 2.52. The lowest BCUT2D eigenvalue weighted by Crippen LogP contribution is -2.18. The Balaban J connectivity index is 2.13. The van der Waals surface area contributed by atoms with E-state index in [1.165, 1.54) is 0 Å². The van der Waals surface area contributed by atoms with Gasteiger partial charge in [-0.2, -0.15) is 0 Å². The van der Waals surface area contributed by atoms with Gasteiger partial charge in [-0.1, -0.05) is 36.4 Å². The van der Waals surface area contributed by atoms with Gasteiger partial charge in [0.15, 0.2) is 0 Å². The number of hydrogen-bond donors (Lipinski definition) is 3. The number of hydrogen-bond acceptors (Lipinski definition) is 4. The second-order valence-electron chi connectivity index (χ2n) is 6.08. The summed E-state index contributed by atoms with van der Waals surface area (Å²) in [4.78, 5) is 16.6. The number of nitrogens with zero attached hydrogens (tertiary/aromatic N) is 1. The number of halogens is 1. The molecule has 0 saturated carbocycles. The molecule has 0 bridgehead atoms. The van der Waals surface area contributed by atoms with Crippen molar-refractivity contribution in [3.05, 3.63) is 71.6 Å². The van der Waals surface area contributed by atoms with Crippen molar-refractivity contribution in [1.29, 1.82) is 0 Å². The largest absolute Gasteiger partial charge is 0.399 e. The van der Waals surface area contributed by atoms with E-state index in [4.69, 9.17) is 17.3 Å². The zero-order chi connectivity index (χ0) is 19.3. The normalized spacial score (nSPS) is 12.4. The van der Waals surface area contributed by atoms with E-state index >= 15 is 0 Å². The van der Waals surface area contributed by atoms with Gasteiger partial charge in [0.25, 0.3) is 5.91 Å². The molecule has 0 aromatic heterocycles. The maximum Gasteiger partial charge on any atom is 0.256 e. The Kier molecular flexibility index (Phi) is 6.41. The monoisotopic (exact) mass is 370 g/mol. The highest BCUT2D eigenvalue weighted by Crippen LogP contribution is 2.20. The van der Waals surface area contributed by atoms with E-state index in [1.54, 1.807) is 19.1 Å². The first-order chi connectivity index (χ1) is 12.3. The number of aryl methyl sites for hydroxylation is 1. The highest BCUT2D eigenvalue weighted by atomic mass is 35.5. The molecule has 2 aromatic carbocycles. The highest BCUT2D eigenvalue weighted by Gasteiger charge is 2.11.